The molecule has 1 amide bonds. The lowest BCUT2D eigenvalue weighted by atomic mass is 10.2. The van der Waals surface area contributed by atoms with Gasteiger partial charge < -0.3 is 10.6 Å². The average molecular weight is 361 g/mol. The maximum atomic E-state index is 12.1. The third-order valence-corrected chi connectivity index (χ3v) is 5.61. The Kier molecular flexibility index (Phi) is 4.86. The number of amides is 1. The van der Waals surface area contributed by atoms with E-state index in [4.69, 9.17) is 0 Å². The van der Waals surface area contributed by atoms with Gasteiger partial charge in [0.05, 0.1) is 11.4 Å². The first-order valence-corrected chi connectivity index (χ1v) is 9.61. The smallest absolute Gasteiger partial charge is 0.286 e. The third kappa shape index (κ3) is 3.95. The summed E-state index contributed by atoms with van der Waals surface area (Å²) in [5, 5.41) is 5.92. The van der Waals surface area contributed by atoms with Gasteiger partial charge in [-0.3, -0.25) is 4.79 Å². The van der Waals surface area contributed by atoms with Gasteiger partial charge in [0.25, 0.3) is 10.0 Å². The Morgan fingerprint density at radius 2 is 1.79 bits per heavy atom. The second kappa shape index (κ2) is 7.06. The van der Waals surface area contributed by atoms with Crippen LogP contribution in [0.25, 0.3) is 0 Å². The lowest BCUT2D eigenvalue weighted by Crippen LogP contribution is -2.27. The van der Waals surface area contributed by atoms with Gasteiger partial charge in [-0.2, -0.15) is 8.42 Å². The number of hydrogen-bond acceptors (Lipinski definition) is 5. The van der Waals surface area contributed by atoms with Crippen LogP contribution in [0.5, 0.6) is 0 Å². The molecule has 0 radical (unpaired) electrons. The summed E-state index contributed by atoms with van der Waals surface area (Å²) in [6, 6.07) is 16.1. The first kappa shape index (κ1) is 16.5. The molecule has 124 valence electrons. The Labute approximate surface area is 144 Å². The number of nitrogens with one attached hydrogen (secondary N) is 2. The molecular formula is C16H15N3O3S2. The number of rotatable bonds is 4. The molecule has 2 N–H and O–H groups in total. The Morgan fingerprint density at radius 3 is 2.58 bits per heavy atom. The number of sulfonamides is 1. The van der Waals surface area contributed by atoms with E-state index in [0.717, 1.165) is 17.3 Å². The van der Waals surface area contributed by atoms with E-state index in [1.165, 1.54) is 6.07 Å². The monoisotopic (exact) mass is 361 g/mol. The highest BCUT2D eigenvalue weighted by Gasteiger charge is 2.24. The molecule has 6 nitrogen and oxygen atoms in total. The van der Waals surface area contributed by atoms with Crippen molar-refractivity contribution in [3.05, 3.63) is 60.2 Å². The number of benzene rings is 2. The summed E-state index contributed by atoms with van der Waals surface area (Å²) in [7, 11) is -3.72. The van der Waals surface area contributed by atoms with E-state index in [1.807, 2.05) is 30.3 Å². The molecule has 0 atom stereocenters. The van der Waals surface area contributed by atoms with Crippen LogP contribution in [0.1, 0.15) is 5.56 Å². The van der Waals surface area contributed by atoms with Crippen LogP contribution in [0.4, 0.5) is 5.69 Å². The third-order valence-electron chi connectivity index (χ3n) is 3.28. The highest BCUT2D eigenvalue weighted by atomic mass is 32.2. The van der Waals surface area contributed by atoms with E-state index in [0.29, 0.717) is 12.2 Å². The first-order chi connectivity index (χ1) is 11.5. The van der Waals surface area contributed by atoms with Crippen molar-refractivity contribution in [1.82, 2.24) is 5.32 Å². The van der Waals surface area contributed by atoms with Gasteiger partial charge in [-0.1, -0.05) is 54.2 Å². The Morgan fingerprint density at radius 1 is 1.08 bits per heavy atom. The van der Waals surface area contributed by atoms with Crippen molar-refractivity contribution in [2.75, 3.05) is 11.1 Å². The molecule has 0 unspecified atom stereocenters. The Bertz CT molecular complexity index is 880. The van der Waals surface area contributed by atoms with Gasteiger partial charge in [-0.25, -0.2) is 0 Å². The second-order valence-corrected chi connectivity index (χ2v) is 7.58. The fourth-order valence-corrected chi connectivity index (χ4v) is 4.20. The normalized spacial score (nSPS) is 14.9. The lowest BCUT2D eigenvalue weighted by Gasteiger charge is -2.17. The van der Waals surface area contributed by atoms with Crippen LogP contribution >= 0.6 is 11.8 Å². The lowest BCUT2D eigenvalue weighted by molar-refractivity contribution is -0.118. The molecule has 0 fully saturated rings. The largest absolute Gasteiger partial charge is 0.351 e. The molecule has 0 saturated carbocycles. The van der Waals surface area contributed by atoms with Gasteiger partial charge in [0.2, 0.25) is 5.91 Å². The number of hydrogen-bond donors (Lipinski definition) is 2. The highest BCUT2D eigenvalue weighted by Crippen LogP contribution is 2.28. The maximum Gasteiger partial charge on any atom is 0.286 e. The van der Waals surface area contributed by atoms with Crippen LogP contribution in [-0.4, -0.2) is 25.2 Å². The van der Waals surface area contributed by atoms with Gasteiger partial charge in [0.15, 0.2) is 5.17 Å². The molecule has 8 heteroatoms. The maximum absolute atomic E-state index is 12.1. The molecule has 1 aliphatic heterocycles. The molecule has 3 rings (SSSR count). The van der Waals surface area contributed by atoms with E-state index < -0.39 is 10.0 Å². The molecule has 0 spiro atoms. The molecule has 1 aliphatic rings. The molecule has 2 aromatic rings. The SMILES string of the molecule is O=C(CSC1=NS(=O)(=O)c2ccccc2N1)NCc1ccccc1. The second-order valence-electron chi connectivity index (χ2n) is 5.04. The van der Waals surface area contributed by atoms with Crippen molar-refractivity contribution in [3.63, 3.8) is 0 Å². The highest BCUT2D eigenvalue weighted by molar-refractivity contribution is 8.15. The van der Waals surface area contributed by atoms with Gasteiger partial charge >= 0.3 is 0 Å². The van der Waals surface area contributed by atoms with E-state index in [1.54, 1.807) is 18.2 Å². The summed E-state index contributed by atoms with van der Waals surface area (Å²) in [5.41, 5.74) is 1.47. The van der Waals surface area contributed by atoms with E-state index >= 15 is 0 Å². The number of thioether (sulfide) groups is 1. The van der Waals surface area contributed by atoms with E-state index in [2.05, 4.69) is 15.0 Å². The zero-order valence-electron chi connectivity index (χ0n) is 12.6. The molecular weight excluding hydrogens is 346 g/mol. The molecule has 0 bridgehead atoms. The predicted molar refractivity (Wildman–Crippen MR) is 95.4 cm³/mol. The van der Waals surface area contributed by atoms with Crippen LogP contribution in [0.3, 0.4) is 0 Å². The van der Waals surface area contributed by atoms with Crippen molar-refractivity contribution in [3.8, 4) is 0 Å². The minimum Gasteiger partial charge on any atom is -0.351 e. The summed E-state index contributed by atoms with van der Waals surface area (Å²) >= 11 is 1.05. The van der Waals surface area contributed by atoms with Crippen LogP contribution in [0.15, 0.2) is 63.9 Å². The number of anilines is 1. The van der Waals surface area contributed by atoms with Crippen molar-refractivity contribution >= 4 is 38.5 Å². The summed E-state index contributed by atoms with van der Waals surface area (Å²) in [4.78, 5) is 12.0. The van der Waals surface area contributed by atoms with Crippen LogP contribution < -0.4 is 10.6 Å². The number of nitrogens with zero attached hydrogens (tertiary/aromatic N) is 1. The summed E-state index contributed by atoms with van der Waals surface area (Å²) in [6.07, 6.45) is 0. The summed E-state index contributed by atoms with van der Waals surface area (Å²) in [6.45, 7) is 0.432. The van der Waals surface area contributed by atoms with E-state index in [9.17, 15) is 13.2 Å². The summed E-state index contributed by atoms with van der Waals surface area (Å²) in [5.74, 6) is -0.110. The molecule has 1 heterocycles. The number of amidine groups is 1. The zero-order valence-corrected chi connectivity index (χ0v) is 14.2. The topological polar surface area (TPSA) is 87.6 Å². The predicted octanol–water partition coefficient (Wildman–Crippen LogP) is 2.21. The fourth-order valence-electron chi connectivity index (χ4n) is 2.14. The van der Waals surface area contributed by atoms with Crippen LogP contribution in [0, 0.1) is 0 Å². The number of fused-ring (bicyclic) bond motifs is 1. The molecule has 0 aliphatic carbocycles. The Balaban J connectivity index is 1.57. The van der Waals surface area contributed by atoms with Crippen molar-refractivity contribution in [2.45, 2.75) is 11.4 Å². The number of carbonyl (C=O) groups excluding carboxylic acids is 1. The van der Waals surface area contributed by atoms with E-state index in [-0.39, 0.29) is 21.7 Å². The van der Waals surface area contributed by atoms with Gasteiger partial charge in [0.1, 0.15) is 4.90 Å². The number of carbonyl (C=O) groups is 1. The minimum atomic E-state index is -3.72. The quantitative estimate of drug-likeness (QED) is 0.872. The van der Waals surface area contributed by atoms with Gasteiger partial charge in [0, 0.05) is 6.54 Å². The standard InChI is InChI=1S/C16H15N3O3S2/c20-15(17-10-12-6-2-1-3-7-12)11-23-16-18-13-8-4-5-9-14(13)24(21,22)19-16/h1-9H,10-11H2,(H,17,20)(H,18,19). The van der Waals surface area contributed by atoms with Crippen LogP contribution in [0.2, 0.25) is 0 Å². The van der Waals surface area contributed by atoms with Crippen molar-refractivity contribution in [2.24, 2.45) is 4.40 Å². The summed E-state index contributed by atoms with van der Waals surface area (Å²) < 4.78 is 27.9. The molecule has 0 aromatic heterocycles. The van der Waals surface area contributed by atoms with Gasteiger partial charge in [-0.05, 0) is 17.7 Å². The van der Waals surface area contributed by atoms with Crippen molar-refractivity contribution in [1.29, 1.82) is 0 Å². The average Bonchev–Trinajstić information content (AvgIpc) is 2.58. The first-order valence-electron chi connectivity index (χ1n) is 7.19. The number of para-hydroxylation sites is 1. The fraction of sp³-hybridized carbons (Fsp3) is 0.125. The molecule has 0 saturated heterocycles. The van der Waals surface area contributed by atoms with Crippen molar-refractivity contribution < 1.29 is 13.2 Å². The molecule has 2 aromatic carbocycles. The minimum absolute atomic E-state index is 0.0797. The zero-order chi connectivity index (χ0) is 17.0. The molecule has 24 heavy (non-hydrogen) atoms. The van der Waals surface area contributed by atoms with Crippen LogP contribution in [-0.2, 0) is 21.4 Å². The Hall–Kier alpha value is -2.32. The van der Waals surface area contributed by atoms with Gasteiger partial charge in [-0.15, -0.1) is 4.40 Å².